The Morgan fingerprint density at radius 2 is 0.672 bits per heavy atom. The molecule has 0 spiro atoms. The topological polar surface area (TPSA) is 45.2 Å². The van der Waals surface area contributed by atoms with E-state index in [4.69, 9.17) is 15.0 Å². The summed E-state index contributed by atoms with van der Waals surface area (Å²) >= 11 is 0. The number of anilines is 6. The minimum Gasteiger partial charge on any atom is -0.311 e. The van der Waals surface area contributed by atoms with E-state index in [1.54, 1.807) is 0 Å². The smallest absolute Gasteiger partial charge is 0.252 e. The van der Waals surface area contributed by atoms with Crippen LogP contribution in [0.4, 0.5) is 34.1 Å². The van der Waals surface area contributed by atoms with Crippen LogP contribution in [0.25, 0.3) is 68.6 Å². The highest BCUT2D eigenvalue weighted by atomic mass is 15.2. The molecule has 12 rings (SSSR count). The van der Waals surface area contributed by atoms with E-state index in [0.717, 1.165) is 84.2 Å². The van der Waals surface area contributed by atoms with Crippen LogP contribution in [-0.4, -0.2) is 21.7 Å². The molecule has 0 bridgehead atoms. The zero-order valence-corrected chi connectivity index (χ0v) is 36.7. The summed E-state index contributed by atoms with van der Waals surface area (Å²) in [4.78, 5) is 20.5. The van der Waals surface area contributed by atoms with Crippen LogP contribution in [0.3, 0.4) is 0 Å². The molecule has 10 aromatic rings. The summed E-state index contributed by atoms with van der Waals surface area (Å²) < 4.78 is 0. The van der Waals surface area contributed by atoms with Crippen molar-refractivity contribution in [3.63, 3.8) is 0 Å². The lowest BCUT2D eigenvalue weighted by molar-refractivity contribution is 1.07. The first kappa shape index (κ1) is 39.7. The number of aromatic nitrogens is 3. The van der Waals surface area contributed by atoms with Crippen LogP contribution in [0.5, 0.6) is 0 Å². The molecule has 6 heteroatoms. The molecule has 1 aromatic heterocycles. The minimum atomic E-state index is -0.0395. The van der Waals surface area contributed by atoms with E-state index in [2.05, 4.69) is 205 Å². The molecule has 3 heterocycles. The van der Waals surface area contributed by atoms with Gasteiger partial charge in [-0.3, -0.25) is 0 Å². The lowest BCUT2D eigenvalue weighted by atomic mass is 9.33. The second-order valence-corrected chi connectivity index (χ2v) is 16.9. The number of fused-ring (bicyclic) bond motifs is 4. The summed E-state index contributed by atoms with van der Waals surface area (Å²) in [6, 6.07) is 77.6. The maximum atomic E-state index is 5.29. The summed E-state index contributed by atoms with van der Waals surface area (Å²) in [5.74, 6) is 1.83. The van der Waals surface area contributed by atoms with E-state index in [1.807, 2.05) is 48.6 Å². The fourth-order valence-corrected chi connectivity index (χ4v) is 9.75. The molecule has 0 amide bonds. The molecule has 9 aromatic carbocycles. The molecule has 5 nitrogen and oxygen atoms in total. The first-order valence-corrected chi connectivity index (χ1v) is 22.6. The van der Waals surface area contributed by atoms with Gasteiger partial charge in [0.05, 0.1) is 0 Å². The Morgan fingerprint density at radius 1 is 0.328 bits per heavy atom. The lowest BCUT2D eigenvalue weighted by Gasteiger charge is -2.44. The normalized spacial score (nSPS) is 12.2. The Balaban J connectivity index is 1.10. The molecule has 0 atom stereocenters. The third-order valence-corrected chi connectivity index (χ3v) is 13.1. The third-order valence-electron chi connectivity index (χ3n) is 13.1. The number of rotatable bonds is 9. The SMILES string of the molecule is C=Cc1ccc(-c2ccc(N3c4ccccc4B4c5ccccc5N(c5ccc(-c6ccc(C=C)cc6)cc5)c5cc(-c6nc(-c7ccccc7)nc(-c7ccccc7)n6)cc3c54)cc2)cc1. The highest BCUT2D eigenvalue weighted by molar-refractivity contribution is 7.00. The highest BCUT2D eigenvalue weighted by Crippen LogP contribution is 2.46. The molecule has 0 saturated heterocycles. The highest BCUT2D eigenvalue weighted by Gasteiger charge is 2.43. The van der Waals surface area contributed by atoms with E-state index in [0.29, 0.717) is 17.5 Å². The van der Waals surface area contributed by atoms with Gasteiger partial charge < -0.3 is 9.80 Å². The van der Waals surface area contributed by atoms with Gasteiger partial charge in [-0.05, 0) is 98.3 Å². The van der Waals surface area contributed by atoms with E-state index in [1.165, 1.54) is 16.4 Å². The molecule has 0 radical (unpaired) electrons. The van der Waals surface area contributed by atoms with Crippen molar-refractivity contribution in [1.82, 2.24) is 15.0 Å². The number of nitrogens with zero attached hydrogens (tertiary/aromatic N) is 5. The molecule has 0 aliphatic carbocycles. The van der Waals surface area contributed by atoms with Gasteiger partial charge in [0.1, 0.15) is 0 Å². The molecular weight excluding hydrogens is 814 g/mol. The molecule has 2 aliphatic rings. The second-order valence-electron chi connectivity index (χ2n) is 16.9. The van der Waals surface area contributed by atoms with Gasteiger partial charge in [-0.25, -0.2) is 15.0 Å². The Hall–Kier alpha value is -8.87. The largest absolute Gasteiger partial charge is 0.311 e. The van der Waals surface area contributed by atoms with E-state index in [-0.39, 0.29) is 6.71 Å². The number of benzene rings is 9. The molecule has 0 fully saturated rings. The molecule has 0 N–H and O–H groups in total. The summed E-state index contributed by atoms with van der Waals surface area (Å²) in [5, 5.41) is 0. The van der Waals surface area contributed by atoms with Crippen LogP contribution in [-0.2, 0) is 0 Å². The fraction of sp³-hybridized carbons (Fsp3) is 0. The predicted molar refractivity (Wildman–Crippen MR) is 281 cm³/mol. The lowest BCUT2D eigenvalue weighted by Crippen LogP contribution is -2.61. The van der Waals surface area contributed by atoms with Crippen molar-refractivity contribution in [1.29, 1.82) is 0 Å². The summed E-state index contributed by atoms with van der Waals surface area (Å²) in [7, 11) is 0. The molecular formula is C61H42BN5. The molecule has 0 unspecified atom stereocenters. The van der Waals surface area contributed by atoms with Gasteiger partial charge >= 0.3 is 0 Å². The van der Waals surface area contributed by atoms with E-state index < -0.39 is 0 Å². The van der Waals surface area contributed by atoms with Crippen LogP contribution in [0, 0.1) is 0 Å². The predicted octanol–water partition coefficient (Wildman–Crippen LogP) is 13.6. The Labute approximate surface area is 391 Å². The average Bonchev–Trinajstić information content (AvgIpc) is 3.41. The molecule has 314 valence electrons. The van der Waals surface area contributed by atoms with Gasteiger partial charge in [-0.2, -0.15) is 0 Å². The number of hydrogen-bond donors (Lipinski definition) is 0. The van der Waals surface area contributed by atoms with Gasteiger partial charge in [0.15, 0.2) is 17.5 Å². The van der Waals surface area contributed by atoms with Crippen molar-refractivity contribution < 1.29 is 0 Å². The summed E-state index contributed by atoms with van der Waals surface area (Å²) in [6.07, 6.45) is 3.76. The van der Waals surface area contributed by atoms with Gasteiger partial charge in [0, 0.05) is 50.8 Å². The Bertz CT molecular complexity index is 3250. The van der Waals surface area contributed by atoms with Crippen LogP contribution in [0.15, 0.2) is 232 Å². The summed E-state index contributed by atoms with van der Waals surface area (Å²) in [5.41, 5.74) is 19.7. The Kier molecular flexibility index (Phi) is 9.84. The van der Waals surface area contributed by atoms with Crippen molar-refractivity contribution in [2.24, 2.45) is 0 Å². The van der Waals surface area contributed by atoms with Crippen molar-refractivity contribution in [3.8, 4) is 56.4 Å². The standard InChI is InChI=1S/C61H42BN5/c1-3-41-23-27-43(28-24-41)45-31-35-50(36-32-45)66-54-21-13-11-19-52(54)62-53-20-12-14-22-55(53)67(51-37-33-46(34-38-51)44-29-25-42(4-2)26-30-44)57-40-49(39-56(66)58(57)62)61-64-59(47-15-7-5-8-16-47)63-60(65-61)48-17-9-6-10-18-48/h3-40H,1-2H2. The van der Waals surface area contributed by atoms with Gasteiger partial charge in [-0.1, -0.05) is 195 Å². The average molecular weight is 856 g/mol. The first-order chi connectivity index (χ1) is 33.1. The Morgan fingerprint density at radius 3 is 1.06 bits per heavy atom. The zero-order chi connectivity index (χ0) is 44.8. The van der Waals surface area contributed by atoms with E-state index >= 15 is 0 Å². The maximum Gasteiger partial charge on any atom is 0.252 e. The van der Waals surface area contributed by atoms with E-state index in [9.17, 15) is 0 Å². The first-order valence-electron chi connectivity index (χ1n) is 22.6. The maximum absolute atomic E-state index is 5.29. The summed E-state index contributed by atoms with van der Waals surface area (Å²) in [6.45, 7) is 7.86. The molecule has 0 saturated carbocycles. The van der Waals surface area contributed by atoms with Crippen molar-refractivity contribution >= 4 is 69.4 Å². The van der Waals surface area contributed by atoms with Crippen LogP contribution in [0.2, 0.25) is 0 Å². The third kappa shape index (κ3) is 7.03. The quantitative estimate of drug-likeness (QED) is 0.135. The van der Waals surface area contributed by atoms with Gasteiger partial charge in [-0.15, -0.1) is 0 Å². The van der Waals surface area contributed by atoms with Crippen LogP contribution < -0.4 is 26.2 Å². The monoisotopic (exact) mass is 855 g/mol. The number of hydrogen-bond acceptors (Lipinski definition) is 5. The zero-order valence-electron chi connectivity index (χ0n) is 36.7. The van der Waals surface area contributed by atoms with Gasteiger partial charge in [0.2, 0.25) is 0 Å². The number of para-hydroxylation sites is 2. The van der Waals surface area contributed by atoms with Crippen LogP contribution >= 0.6 is 0 Å². The van der Waals surface area contributed by atoms with Crippen molar-refractivity contribution in [3.05, 3.63) is 243 Å². The molecule has 67 heavy (non-hydrogen) atoms. The second kappa shape index (κ2) is 16.6. The van der Waals surface area contributed by atoms with Crippen molar-refractivity contribution in [2.45, 2.75) is 0 Å². The molecule has 2 aliphatic heterocycles. The van der Waals surface area contributed by atoms with Crippen LogP contribution in [0.1, 0.15) is 11.1 Å². The van der Waals surface area contributed by atoms with Crippen molar-refractivity contribution in [2.75, 3.05) is 9.80 Å². The minimum absolute atomic E-state index is 0.0395. The fourth-order valence-electron chi connectivity index (χ4n) is 9.75. The van der Waals surface area contributed by atoms with Gasteiger partial charge in [0.25, 0.3) is 6.71 Å².